The van der Waals surface area contributed by atoms with Gasteiger partial charge in [-0.05, 0) is 43.2 Å². The van der Waals surface area contributed by atoms with E-state index in [1.807, 2.05) is 19.1 Å². The molecule has 0 radical (unpaired) electrons. The molecule has 2 aliphatic rings. The van der Waals surface area contributed by atoms with Gasteiger partial charge in [-0.1, -0.05) is 19.1 Å². The summed E-state index contributed by atoms with van der Waals surface area (Å²) in [4.78, 5) is 15.2. The third-order valence-corrected chi connectivity index (χ3v) is 11.6. The molecule has 0 spiro atoms. The second-order valence-corrected chi connectivity index (χ2v) is 14.5. The van der Waals surface area contributed by atoms with E-state index in [2.05, 4.69) is 38.1 Å². The Morgan fingerprint density at radius 3 is 2.66 bits per heavy atom. The fourth-order valence-corrected chi connectivity index (χ4v) is 8.92. The van der Waals surface area contributed by atoms with Gasteiger partial charge in [-0.2, -0.15) is 13.2 Å². The number of ether oxygens (including phenoxy) is 1. The molecule has 4 heterocycles. The maximum atomic E-state index is 14.1. The average molecular weight is 669 g/mol. The summed E-state index contributed by atoms with van der Waals surface area (Å²) in [6.07, 6.45) is -3.35. The monoisotopic (exact) mass is 668 g/mol. The van der Waals surface area contributed by atoms with Crippen LogP contribution in [0.5, 0.6) is 0 Å². The zero-order valence-electron chi connectivity index (χ0n) is 24.9. The van der Waals surface area contributed by atoms with Crippen molar-refractivity contribution >= 4 is 55.7 Å². The maximum absolute atomic E-state index is 14.1. The van der Waals surface area contributed by atoms with Crippen molar-refractivity contribution in [2.75, 3.05) is 69.5 Å². The van der Waals surface area contributed by atoms with Crippen LogP contribution in [0, 0.1) is 0 Å². The molecule has 0 unspecified atom stereocenters. The van der Waals surface area contributed by atoms with E-state index in [9.17, 15) is 21.6 Å². The first-order valence-electron chi connectivity index (χ1n) is 14.3. The van der Waals surface area contributed by atoms with E-state index in [-0.39, 0.29) is 37.9 Å². The summed E-state index contributed by atoms with van der Waals surface area (Å²) in [6, 6.07) is 7.53. The minimum atomic E-state index is -4.76. The van der Waals surface area contributed by atoms with Crippen molar-refractivity contribution in [2.45, 2.75) is 37.4 Å². The molecule has 1 fully saturated rings. The lowest BCUT2D eigenvalue weighted by Gasteiger charge is -2.41. The SMILES string of the molecule is CCc1cc(N2CCN(CCOC)C[C@@H]2C)ccc1Nc1ncc(C(F)(F)F)c(-c2cc3c(s2)C(=S)N(C)CCS3(=O)=O)n1. The molecule has 0 aliphatic carbocycles. The summed E-state index contributed by atoms with van der Waals surface area (Å²) in [5.41, 5.74) is 1.26. The van der Waals surface area contributed by atoms with Crippen LogP contribution in [0.2, 0.25) is 0 Å². The normalized spacial score (nSPS) is 19.2. The average Bonchev–Trinajstić information content (AvgIpc) is 3.42. The Balaban J connectivity index is 1.46. The standard InChI is InChI=1S/C29H35F3N6O3S3/c1-5-19-14-20(38-9-8-37(10-12-41-4)17-18(38)2)6-7-22(19)34-28-33-16-21(29(30,31)32)25(35-28)23-15-24-26(43-23)27(42)36(3)11-13-44(24,39)40/h6-7,14-16,18H,5,8-13,17H2,1-4H3,(H,33,34,35)/t18-/m0/s1. The zero-order chi connectivity index (χ0) is 31.8. The van der Waals surface area contributed by atoms with E-state index in [1.54, 1.807) is 19.1 Å². The van der Waals surface area contributed by atoms with Crippen molar-refractivity contribution in [3.63, 3.8) is 0 Å². The van der Waals surface area contributed by atoms with Crippen molar-refractivity contribution in [3.8, 4) is 10.6 Å². The Morgan fingerprint density at radius 2 is 1.98 bits per heavy atom. The van der Waals surface area contributed by atoms with Gasteiger partial charge in [-0.15, -0.1) is 11.3 Å². The quantitative estimate of drug-likeness (QED) is 0.328. The number of thiophene rings is 1. The number of thiocarbonyl (C=S) groups is 1. The van der Waals surface area contributed by atoms with Crippen molar-refractivity contribution in [1.82, 2.24) is 19.8 Å². The number of nitrogens with zero attached hydrogens (tertiary/aromatic N) is 5. The van der Waals surface area contributed by atoms with Gasteiger partial charge in [0.25, 0.3) is 0 Å². The maximum Gasteiger partial charge on any atom is 0.420 e. The molecular formula is C29H35F3N6O3S3. The minimum Gasteiger partial charge on any atom is -0.383 e. The lowest BCUT2D eigenvalue weighted by molar-refractivity contribution is -0.137. The lowest BCUT2D eigenvalue weighted by Crippen LogP contribution is -2.52. The Hall–Kier alpha value is -2.85. The number of aromatic nitrogens is 2. The highest BCUT2D eigenvalue weighted by molar-refractivity contribution is 7.92. The summed E-state index contributed by atoms with van der Waals surface area (Å²) in [5, 5.41) is 3.11. The number of hydrogen-bond acceptors (Lipinski definition) is 10. The van der Waals surface area contributed by atoms with Crippen molar-refractivity contribution < 1.29 is 26.3 Å². The van der Waals surface area contributed by atoms with E-state index in [1.165, 1.54) is 6.07 Å². The largest absolute Gasteiger partial charge is 0.420 e. The number of rotatable bonds is 8. The Labute approximate surface area is 265 Å². The van der Waals surface area contributed by atoms with Crippen LogP contribution >= 0.6 is 23.6 Å². The van der Waals surface area contributed by atoms with Gasteiger partial charge in [-0.3, -0.25) is 4.90 Å². The number of hydrogen-bond donors (Lipinski definition) is 1. The molecular weight excluding hydrogens is 634 g/mol. The number of alkyl halides is 3. The number of fused-ring (bicyclic) bond motifs is 1. The van der Waals surface area contributed by atoms with Crippen LogP contribution in [-0.2, 0) is 27.2 Å². The Morgan fingerprint density at radius 1 is 1.20 bits per heavy atom. The molecule has 1 N–H and O–H groups in total. The molecule has 0 bridgehead atoms. The fraction of sp³-hybridized carbons (Fsp3) is 0.483. The van der Waals surface area contributed by atoms with Crippen LogP contribution in [-0.4, -0.2) is 98.5 Å². The van der Waals surface area contributed by atoms with Crippen LogP contribution in [0.15, 0.2) is 35.4 Å². The van der Waals surface area contributed by atoms with Crippen LogP contribution in [0.1, 0.15) is 29.9 Å². The first-order chi connectivity index (χ1) is 20.8. The highest BCUT2D eigenvalue weighted by Crippen LogP contribution is 2.42. The molecule has 2 aromatic heterocycles. The molecule has 3 aromatic rings. The smallest absolute Gasteiger partial charge is 0.383 e. The van der Waals surface area contributed by atoms with Gasteiger partial charge < -0.3 is 19.9 Å². The van der Waals surface area contributed by atoms with Gasteiger partial charge in [0.1, 0.15) is 10.6 Å². The summed E-state index contributed by atoms with van der Waals surface area (Å²) >= 11 is 6.36. The molecule has 15 heteroatoms. The molecule has 1 aromatic carbocycles. The molecule has 238 valence electrons. The van der Waals surface area contributed by atoms with E-state index in [0.717, 1.165) is 55.0 Å². The van der Waals surface area contributed by atoms with Crippen LogP contribution in [0.3, 0.4) is 0 Å². The molecule has 5 rings (SSSR count). The number of methoxy groups -OCH3 is 1. The van der Waals surface area contributed by atoms with Crippen LogP contribution < -0.4 is 10.2 Å². The van der Waals surface area contributed by atoms with Crippen LogP contribution in [0.4, 0.5) is 30.5 Å². The molecule has 9 nitrogen and oxygen atoms in total. The lowest BCUT2D eigenvalue weighted by atomic mass is 10.1. The number of benzene rings is 1. The fourth-order valence-electron chi connectivity index (χ4n) is 5.48. The summed E-state index contributed by atoms with van der Waals surface area (Å²) in [6.45, 7) is 8.69. The van der Waals surface area contributed by atoms with Gasteiger partial charge in [0.15, 0.2) is 9.84 Å². The minimum absolute atomic E-state index is 0.0262. The second-order valence-electron chi connectivity index (χ2n) is 11.0. The number of halogens is 3. The molecule has 44 heavy (non-hydrogen) atoms. The third kappa shape index (κ3) is 6.71. The number of aryl methyl sites for hydroxylation is 1. The summed E-state index contributed by atoms with van der Waals surface area (Å²) in [5.74, 6) is -0.213. The Kier molecular flexibility index (Phi) is 9.52. The van der Waals surface area contributed by atoms with Gasteiger partial charge in [0.2, 0.25) is 5.95 Å². The van der Waals surface area contributed by atoms with E-state index in [4.69, 9.17) is 17.0 Å². The molecule has 1 atom stereocenters. The second kappa shape index (κ2) is 12.9. The predicted octanol–water partition coefficient (Wildman–Crippen LogP) is 5.08. The Bertz CT molecular complexity index is 1650. The highest BCUT2D eigenvalue weighted by Gasteiger charge is 2.38. The van der Waals surface area contributed by atoms with Gasteiger partial charge in [-0.25, -0.2) is 18.4 Å². The number of sulfone groups is 1. The van der Waals surface area contributed by atoms with Crippen molar-refractivity contribution in [2.24, 2.45) is 0 Å². The van der Waals surface area contributed by atoms with Crippen molar-refractivity contribution in [3.05, 3.63) is 46.5 Å². The van der Waals surface area contributed by atoms with E-state index >= 15 is 0 Å². The van der Waals surface area contributed by atoms with Gasteiger partial charge in [0, 0.05) is 70.5 Å². The number of anilines is 3. The third-order valence-electron chi connectivity index (χ3n) is 7.97. The first kappa shape index (κ1) is 32.5. The first-order valence-corrected chi connectivity index (χ1v) is 17.1. The van der Waals surface area contributed by atoms with Gasteiger partial charge in [0.05, 0.1) is 32.7 Å². The topological polar surface area (TPSA) is 90.9 Å². The van der Waals surface area contributed by atoms with E-state index in [0.29, 0.717) is 24.8 Å². The highest BCUT2D eigenvalue weighted by atomic mass is 32.2. The molecule has 1 saturated heterocycles. The number of piperazine rings is 1. The summed E-state index contributed by atoms with van der Waals surface area (Å²) < 4.78 is 73.5. The predicted molar refractivity (Wildman–Crippen MR) is 171 cm³/mol. The summed E-state index contributed by atoms with van der Waals surface area (Å²) in [7, 11) is -0.373. The van der Waals surface area contributed by atoms with Crippen molar-refractivity contribution in [1.29, 1.82) is 0 Å². The van der Waals surface area contributed by atoms with Gasteiger partial charge >= 0.3 is 6.18 Å². The zero-order valence-corrected chi connectivity index (χ0v) is 27.4. The molecule has 2 aliphatic heterocycles. The van der Waals surface area contributed by atoms with Crippen LogP contribution in [0.25, 0.3) is 10.6 Å². The number of nitrogens with one attached hydrogen (secondary N) is 1. The molecule has 0 saturated carbocycles. The van der Waals surface area contributed by atoms with E-state index < -0.39 is 27.3 Å². The molecule has 0 amide bonds.